The first-order chi connectivity index (χ1) is 9.58. The first-order valence-corrected chi connectivity index (χ1v) is 7.34. The van der Waals surface area contributed by atoms with Crippen LogP contribution in [0.4, 0.5) is 4.79 Å². The third-order valence-corrected chi connectivity index (χ3v) is 3.45. The van der Waals surface area contributed by atoms with Gasteiger partial charge in [0.1, 0.15) is 0 Å². The average Bonchev–Trinajstić information content (AvgIpc) is 2.45. The van der Waals surface area contributed by atoms with Gasteiger partial charge in [0.25, 0.3) is 0 Å². The van der Waals surface area contributed by atoms with Crippen molar-refractivity contribution in [2.75, 3.05) is 19.6 Å². The van der Waals surface area contributed by atoms with Crippen molar-refractivity contribution in [1.82, 2.24) is 10.2 Å². The van der Waals surface area contributed by atoms with E-state index >= 15 is 0 Å². The van der Waals surface area contributed by atoms with Gasteiger partial charge in [-0.15, -0.1) is 0 Å². The predicted molar refractivity (Wildman–Crippen MR) is 81.8 cm³/mol. The highest BCUT2D eigenvalue weighted by Crippen LogP contribution is 2.20. The van der Waals surface area contributed by atoms with Crippen LogP contribution in [0.15, 0.2) is 30.3 Å². The summed E-state index contributed by atoms with van der Waals surface area (Å²) in [6, 6.07) is 9.97. The highest BCUT2D eigenvalue weighted by atomic mass is 16.3. The van der Waals surface area contributed by atoms with Gasteiger partial charge < -0.3 is 15.3 Å². The fraction of sp³-hybridized carbons (Fsp3) is 0.562. The summed E-state index contributed by atoms with van der Waals surface area (Å²) in [5, 5.41) is 12.6. The van der Waals surface area contributed by atoms with E-state index in [1.165, 1.54) is 0 Å². The lowest BCUT2D eigenvalue weighted by Gasteiger charge is -2.23. The number of nitrogens with one attached hydrogen (secondary N) is 1. The Balaban J connectivity index is 2.64. The molecule has 2 atom stereocenters. The van der Waals surface area contributed by atoms with Crippen molar-refractivity contribution in [3.63, 3.8) is 0 Å². The number of hydrogen-bond acceptors (Lipinski definition) is 2. The predicted octanol–water partition coefficient (Wildman–Crippen LogP) is 2.59. The number of hydrogen-bond donors (Lipinski definition) is 2. The maximum atomic E-state index is 12.0. The largest absolute Gasteiger partial charge is 0.393 e. The van der Waals surface area contributed by atoms with Crippen LogP contribution in [0.5, 0.6) is 0 Å². The van der Waals surface area contributed by atoms with E-state index in [0.29, 0.717) is 26.1 Å². The van der Waals surface area contributed by atoms with Crippen molar-refractivity contribution in [1.29, 1.82) is 0 Å². The van der Waals surface area contributed by atoms with E-state index in [0.717, 1.165) is 5.56 Å². The smallest absolute Gasteiger partial charge is 0.317 e. The van der Waals surface area contributed by atoms with Gasteiger partial charge in [0, 0.05) is 25.6 Å². The Morgan fingerprint density at radius 3 is 2.35 bits per heavy atom. The molecule has 0 heterocycles. The van der Waals surface area contributed by atoms with Gasteiger partial charge in [-0.3, -0.25) is 0 Å². The molecule has 4 heteroatoms. The van der Waals surface area contributed by atoms with Crippen LogP contribution in [0.25, 0.3) is 0 Å². The van der Waals surface area contributed by atoms with Gasteiger partial charge >= 0.3 is 6.03 Å². The molecule has 1 rings (SSSR count). The third-order valence-electron chi connectivity index (χ3n) is 3.45. The van der Waals surface area contributed by atoms with Gasteiger partial charge in [0.2, 0.25) is 0 Å². The zero-order valence-corrected chi connectivity index (χ0v) is 12.7. The number of carbonyl (C=O) groups is 1. The minimum Gasteiger partial charge on any atom is -0.393 e. The van der Waals surface area contributed by atoms with Crippen LogP contribution in [-0.4, -0.2) is 41.8 Å². The monoisotopic (exact) mass is 278 g/mol. The Hall–Kier alpha value is -1.55. The van der Waals surface area contributed by atoms with Crippen LogP contribution >= 0.6 is 0 Å². The van der Waals surface area contributed by atoms with E-state index in [4.69, 9.17) is 0 Å². The van der Waals surface area contributed by atoms with E-state index in [-0.39, 0.29) is 18.1 Å². The second-order valence-electron chi connectivity index (χ2n) is 5.05. The number of urea groups is 1. The van der Waals surface area contributed by atoms with E-state index in [2.05, 4.69) is 5.32 Å². The summed E-state index contributed by atoms with van der Waals surface area (Å²) in [6.07, 6.45) is 0.258. The number of nitrogens with zero attached hydrogens (tertiary/aromatic N) is 1. The van der Waals surface area contributed by atoms with Gasteiger partial charge in [-0.1, -0.05) is 30.3 Å². The molecule has 0 spiro atoms. The molecule has 2 N–H and O–H groups in total. The van der Waals surface area contributed by atoms with Gasteiger partial charge in [-0.2, -0.15) is 0 Å². The molecule has 0 aliphatic rings. The van der Waals surface area contributed by atoms with E-state index in [1.807, 2.05) is 44.2 Å². The summed E-state index contributed by atoms with van der Waals surface area (Å²) in [6.45, 7) is 7.66. The summed E-state index contributed by atoms with van der Waals surface area (Å²) in [4.78, 5) is 13.7. The van der Waals surface area contributed by atoms with Gasteiger partial charge in [-0.25, -0.2) is 4.79 Å². The summed E-state index contributed by atoms with van der Waals surface area (Å²) in [5.74, 6) is 0.135. The molecule has 0 fully saturated rings. The highest BCUT2D eigenvalue weighted by molar-refractivity contribution is 5.74. The molecule has 20 heavy (non-hydrogen) atoms. The van der Waals surface area contributed by atoms with Crippen LogP contribution in [-0.2, 0) is 0 Å². The van der Waals surface area contributed by atoms with Gasteiger partial charge in [0.15, 0.2) is 0 Å². The second kappa shape index (κ2) is 8.59. The van der Waals surface area contributed by atoms with Gasteiger partial charge in [0.05, 0.1) is 6.10 Å². The van der Waals surface area contributed by atoms with E-state index in [9.17, 15) is 9.90 Å². The minimum atomic E-state index is -0.384. The molecule has 0 saturated carbocycles. The number of aliphatic hydroxyl groups excluding tert-OH is 1. The molecule has 0 aliphatic carbocycles. The van der Waals surface area contributed by atoms with Crippen LogP contribution in [0.2, 0.25) is 0 Å². The molecule has 0 aliphatic heterocycles. The molecule has 112 valence electrons. The Labute approximate surface area is 121 Å². The topological polar surface area (TPSA) is 52.6 Å². The average molecular weight is 278 g/mol. The molecule has 0 saturated heterocycles. The van der Waals surface area contributed by atoms with Crippen LogP contribution in [0, 0.1) is 0 Å². The molecule has 0 bridgehead atoms. The zero-order chi connectivity index (χ0) is 15.0. The van der Waals surface area contributed by atoms with E-state index < -0.39 is 0 Å². The van der Waals surface area contributed by atoms with Crippen molar-refractivity contribution in [2.24, 2.45) is 0 Å². The molecular weight excluding hydrogens is 252 g/mol. The highest BCUT2D eigenvalue weighted by Gasteiger charge is 2.16. The molecule has 0 aromatic heterocycles. The molecular formula is C16H26N2O2. The lowest BCUT2D eigenvalue weighted by molar-refractivity contribution is 0.171. The second-order valence-corrected chi connectivity index (χ2v) is 5.05. The summed E-state index contributed by atoms with van der Waals surface area (Å²) in [7, 11) is 0. The fourth-order valence-electron chi connectivity index (χ4n) is 2.31. The lowest BCUT2D eigenvalue weighted by atomic mass is 9.93. The quantitative estimate of drug-likeness (QED) is 0.805. The Kier molecular flexibility index (Phi) is 7.09. The molecule has 2 amide bonds. The number of benzene rings is 1. The molecule has 1 aromatic carbocycles. The van der Waals surface area contributed by atoms with Crippen LogP contribution < -0.4 is 5.32 Å². The van der Waals surface area contributed by atoms with Crippen molar-refractivity contribution in [3.05, 3.63) is 35.9 Å². The molecule has 1 aromatic rings. The van der Waals surface area contributed by atoms with E-state index in [1.54, 1.807) is 11.8 Å². The van der Waals surface area contributed by atoms with Crippen molar-refractivity contribution in [2.45, 2.75) is 39.2 Å². The number of amides is 2. The summed E-state index contributed by atoms with van der Waals surface area (Å²) < 4.78 is 0. The number of rotatable bonds is 7. The minimum absolute atomic E-state index is 0.0403. The van der Waals surface area contributed by atoms with Crippen molar-refractivity contribution >= 4 is 6.03 Å². The van der Waals surface area contributed by atoms with Crippen molar-refractivity contribution in [3.8, 4) is 0 Å². The third kappa shape index (κ3) is 5.21. The normalized spacial score (nSPS) is 13.6. The van der Waals surface area contributed by atoms with Crippen LogP contribution in [0.1, 0.15) is 38.7 Å². The summed E-state index contributed by atoms with van der Waals surface area (Å²) >= 11 is 0. The lowest BCUT2D eigenvalue weighted by Crippen LogP contribution is -2.41. The maximum Gasteiger partial charge on any atom is 0.317 e. The first kappa shape index (κ1) is 16.5. The molecule has 4 nitrogen and oxygen atoms in total. The zero-order valence-electron chi connectivity index (χ0n) is 12.7. The standard InChI is InChI=1S/C16H26N2O2/c1-4-18(5-2)16(20)17-12-15(11-13(3)19)14-9-7-6-8-10-14/h6-10,13,15,19H,4-5,11-12H2,1-3H3,(H,17,20). The van der Waals surface area contributed by atoms with Crippen molar-refractivity contribution < 1.29 is 9.90 Å². The number of carbonyl (C=O) groups excluding carboxylic acids is 1. The molecule has 0 radical (unpaired) electrons. The Morgan fingerprint density at radius 2 is 1.85 bits per heavy atom. The summed E-state index contributed by atoms with van der Waals surface area (Å²) in [5.41, 5.74) is 1.15. The Morgan fingerprint density at radius 1 is 1.25 bits per heavy atom. The first-order valence-electron chi connectivity index (χ1n) is 7.34. The van der Waals surface area contributed by atoms with Gasteiger partial charge in [-0.05, 0) is 32.8 Å². The number of aliphatic hydroxyl groups is 1. The fourth-order valence-corrected chi connectivity index (χ4v) is 2.31. The van der Waals surface area contributed by atoms with Crippen LogP contribution in [0.3, 0.4) is 0 Å². The Bertz CT molecular complexity index is 389. The maximum absolute atomic E-state index is 12.0. The molecule has 2 unspecified atom stereocenters. The SMILES string of the molecule is CCN(CC)C(=O)NCC(CC(C)O)c1ccccc1.